The van der Waals surface area contributed by atoms with Crippen LogP contribution in [0.15, 0.2) is 30.5 Å². The first-order valence-corrected chi connectivity index (χ1v) is 7.56. The van der Waals surface area contributed by atoms with E-state index in [1.807, 2.05) is 24.3 Å². The van der Waals surface area contributed by atoms with Gasteiger partial charge in [-0.15, -0.1) is 0 Å². The van der Waals surface area contributed by atoms with Gasteiger partial charge in [-0.05, 0) is 24.8 Å². The van der Waals surface area contributed by atoms with Crippen LogP contribution in [0, 0.1) is 5.92 Å². The van der Waals surface area contributed by atoms with Gasteiger partial charge in [0.1, 0.15) is 5.56 Å². The molecule has 1 N–H and O–H groups in total. The summed E-state index contributed by atoms with van der Waals surface area (Å²) in [5, 5.41) is 10.4. The second kappa shape index (κ2) is 5.72. The van der Waals surface area contributed by atoms with Gasteiger partial charge in [-0.2, -0.15) is 0 Å². The average molecular weight is 284 g/mol. The van der Waals surface area contributed by atoms with E-state index in [0.29, 0.717) is 5.56 Å². The summed E-state index contributed by atoms with van der Waals surface area (Å²) in [6.45, 7) is 4.07. The van der Waals surface area contributed by atoms with Crippen LogP contribution in [0.4, 0.5) is 5.69 Å². The average Bonchev–Trinajstić information content (AvgIpc) is 2.53. The third-order valence-electron chi connectivity index (χ3n) is 4.49. The lowest BCUT2D eigenvalue weighted by molar-refractivity contribution is 0.0697. The van der Waals surface area contributed by atoms with Crippen LogP contribution in [0.25, 0.3) is 10.9 Å². The fourth-order valence-corrected chi connectivity index (χ4v) is 3.19. The Bertz CT molecular complexity index is 661. The van der Waals surface area contributed by atoms with E-state index in [1.54, 1.807) is 0 Å². The maximum Gasteiger partial charge on any atom is 0.339 e. The Labute approximate surface area is 124 Å². The number of hydrogen-bond acceptors (Lipinski definition) is 3. The fourth-order valence-electron chi connectivity index (χ4n) is 3.19. The molecule has 2 aromatic rings. The highest BCUT2D eigenvalue weighted by Gasteiger charge is 2.24. The summed E-state index contributed by atoms with van der Waals surface area (Å²) >= 11 is 0. The van der Waals surface area contributed by atoms with Gasteiger partial charge in [0.25, 0.3) is 0 Å². The Hall–Kier alpha value is -2.10. The smallest absolute Gasteiger partial charge is 0.339 e. The van der Waals surface area contributed by atoms with Crippen molar-refractivity contribution in [1.82, 2.24) is 4.98 Å². The molecular weight excluding hydrogens is 264 g/mol. The number of carboxylic acids is 1. The fraction of sp³-hybridized carbons (Fsp3) is 0.412. The SMILES string of the molecule is CCC1CCN(c2c(C(=O)O)cnc3ccccc23)CC1. The molecule has 1 aromatic carbocycles. The number of aromatic nitrogens is 1. The molecule has 0 bridgehead atoms. The van der Waals surface area contributed by atoms with Crippen molar-refractivity contribution in [2.24, 2.45) is 5.92 Å². The van der Waals surface area contributed by atoms with Crippen LogP contribution in [-0.4, -0.2) is 29.1 Å². The number of benzene rings is 1. The van der Waals surface area contributed by atoms with Crippen molar-refractivity contribution in [1.29, 1.82) is 0 Å². The topological polar surface area (TPSA) is 53.4 Å². The molecule has 2 heterocycles. The molecule has 1 saturated heterocycles. The summed E-state index contributed by atoms with van der Waals surface area (Å²) < 4.78 is 0. The Kier molecular flexibility index (Phi) is 3.78. The van der Waals surface area contributed by atoms with Crippen LogP contribution in [-0.2, 0) is 0 Å². The third kappa shape index (κ3) is 2.58. The number of pyridine rings is 1. The number of anilines is 1. The summed E-state index contributed by atoms with van der Waals surface area (Å²) in [7, 11) is 0. The van der Waals surface area contributed by atoms with E-state index in [2.05, 4.69) is 16.8 Å². The highest BCUT2D eigenvalue weighted by molar-refractivity contribution is 6.04. The van der Waals surface area contributed by atoms with Gasteiger partial charge in [0, 0.05) is 24.7 Å². The van der Waals surface area contributed by atoms with E-state index < -0.39 is 5.97 Å². The van der Waals surface area contributed by atoms with Gasteiger partial charge in [-0.1, -0.05) is 31.5 Å². The van der Waals surface area contributed by atoms with E-state index in [9.17, 15) is 9.90 Å². The number of fused-ring (bicyclic) bond motifs is 1. The Morgan fingerprint density at radius 2 is 2.05 bits per heavy atom. The number of carboxylic acid groups (broad SMARTS) is 1. The Balaban J connectivity index is 2.07. The predicted octanol–water partition coefficient (Wildman–Crippen LogP) is 3.56. The molecule has 1 aromatic heterocycles. The van der Waals surface area contributed by atoms with Crippen molar-refractivity contribution in [2.75, 3.05) is 18.0 Å². The molecule has 0 aliphatic carbocycles. The van der Waals surface area contributed by atoms with E-state index >= 15 is 0 Å². The van der Waals surface area contributed by atoms with Crippen LogP contribution in [0.2, 0.25) is 0 Å². The summed E-state index contributed by atoms with van der Waals surface area (Å²) in [6, 6.07) is 7.78. The van der Waals surface area contributed by atoms with Crippen molar-refractivity contribution in [3.8, 4) is 0 Å². The second-order valence-electron chi connectivity index (χ2n) is 5.68. The number of nitrogens with zero attached hydrogens (tertiary/aromatic N) is 2. The zero-order valence-electron chi connectivity index (χ0n) is 12.2. The van der Waals surface area contributed by atoms with Crippen LogP contribution in [0.3, 0.4) is 0 Å². The monoisotopic (exact) mass is 284 g/mol. The van der Waals surface area contributed by atoms with Gasteiger partial charge in [0.15, 0.2) is 0 Å². The molecule has 1 aliphatic heterocycles. The molecule has 110 valence electrons. The molecule has 1 aliphatic rings. The second-order valence-corrected chi connectivity index (χ2v) is 5.68. The minimum absolute atomic E-state index is 0.309. The Morgan fingerprint density at radius 3 is 2.71 bits per heavy atom. The predicted molar refractivity (Wildman–Crippen MR) is 83.9 cm³/mol. The number of hydrogen-bond donors (Lipinski definition) is 1. The molecule has 0 saturated carbocycles. The Morgan fingerprint density at radius 1 is 1.33 bits per heavy atom. The van der Waals surface area contributed by atoms with Gasteiger partial charge < -0.3 is 10.0 Å². The van der Waals surface area contributed by atoms with Crippen molar-refractivity contribution < 1.29 is 9.90 Å². The molecule has 0 spiro atoms. The first-order valence-electron chi connectivity index (χ1n) is 7.56. The number of carbonyl (C=O) groups is 1. The summed E-state index contributed by atoms with van der Waals surface area (Å²) in [4.78, 5) is 18.1. The lowest BCUT2D eigenvalue weighted by Gasteiger charge is -2.34. The summed E-state index contributed by atoms with van der Waals surface area (Å²) in [5.74, 6) is -0.136. The van der Waals surface area contributed by atoms with Crippen molar-refractivity contribution in [2.45, 2.75) is 26.2 Å². The van der Waals surface area contributed by atoms with Gasteiger partial charge >= 0.3 is 5.97 Å². The van der Waals surface area contributed by atoms with Crippen molar-refractivity contribution >= 4 is 22.6 Å². The maximum absolute atomic E-state index is 11.6. The van der Waals surface area contributed by atoms with Gasteiger partial charge in [-0.25, -0.2) is 4.79 Å². The third-order valence-corrected chi connectivity index (χ3v) is 4.49. The van der Waals surface area contributed by atoms with Gasteiger partial charge in [0.05, 0.1) is 11.2 Å². The lowest BCUT2D eigenvalue weighted by Crippen LogP contribution is -2.34. The van der Waals surface area contributed by atoms with E-state index in [1.165, 1.54) is 12.6 Å². The molecule has 21 heavy (non-hydrogen) atoms. The molecule has 0 radical (unpaired) electrons. The van der Waals surface area contributed by atoms with Crippen LogP contribution < -0.4 is 4.90 Å². The normalized spacial score (nSPS) is 16.3. The standard InChI is InChI=1S/C17H20N2O2/c1-2-12-7-9-19(10-8-12)16-13-5-3-4-6-15(13)18-11-14(16)17(20)21/h3-6,11-12H,2,7-10H2,1H3,(H,20,21). The number of rotatable bonds is 3. The zero-order valence-corrected chi connectivity index (χ0v) is 12.2. The summed E-state index contributed by atoms with van der Waals surface area (Å²) in [5.41, 5.74) is 2.00. The number of para-hydroxylation sites is 1. The molecule has 1 fully saturated rings. The van der Waals surface area contributed by atoms with Crippen molar-refractivity contribution in [3.05, 3.63) is 36.0 Å². The van der Waals surface area contributed by atoms with Crippen molar-refractivity contribution in [3.63, 3.8) is 0 Å². The van der Waals surface area contributed by atoms with Crippen LogP contribution in [0.1, 0.15) is 36.5 Å². The number of piperidine rings is 1. The first-order chi connectivity index (χ1) is 10.2. The first kappa shape index (κ1) is 13.9. The molecule has 4 nitrogen and oxygen atoms in total. The molecule has 0 unspecified atom stereocenters. The molecular formula is C17H20N2O2. The number of aromatic carboxylic acids is 1. The maximum atomic E-state index is 11.6. The van der Waals surface area contributed by atoms with Crippen LogP contribution >= 0.6 is 0 Å². The van der Waals surface area contributed by atoms with Gasteiger partial charge in [0.2, 0.25) is 0 Å². The largest absolute Gasteiger partial charge is 0.478 e. The highest BCUT2D eigenvalue weighted by atomic mass is 16.4. The minimum Gasteiger partial charge on any atom is -0.478 e. The van der Waals surface area contributed by atoms with E-state index in [-0.39, 0.29) is 0 Å². The lowest BCUT2D eigenvalue weighted by atomic mass is 9.93. The molecule has 4 heteroatoms. The minimum atomic E-state index is -0.902. The molecule has 3 rings (SSSR count). The summed E-state index contributed by atoms with van der Waals surface area (Å²) in [6.07, 6.45) is 4.96. The van der Waals surface area contributed by atoms with E-state index in [4.69, 9.17) is 0 Å². The van der Waals surface area contributed by atoms with E-state index in [0.717, 1.165) is 48.4 Å². The molecule has 0 amide bonds. The molecule has 0 atom stereocenters. The van der Waals surface area contributed by atoms with Gasteiger partial charge in [-0.3, -0.25) is 4.98 Å². The van der Waals surface area contributed by atoms with Crippen LogP contribution in [0.5, 0.6) is 0 Å². The quantitative estimate of drug-likeness (QED) is 0.936. The highest BCUT2D eigenvalue weighted by Crippen LogP contribution is 2.33. The zero-order chi connectivity index (χ0) is 14.8.